The van der Waals surface area contributed by atoms with Crippen molar-refractivity contribution >= 4 is 23.6 Å². The Bertz CT molecular complexity index is 318. The molecule has 0 aliphatic heterocycles. The first-order valence-electron chi connectivity index (χ1n) is 4.13. The van der Waals surface area contributed by atoms with Crippen LogP contribution in [-0.2, 0) is 0 Å². The van der Waals surface area contributed by atoms with Gasteiger partial charge in [0.2, 0.25) is 0 Å². The number of rotatable bonds is 3. The molecule has 0 fully saturated rings. The molecule has 1 aromatic rings. The molecule has 0 amide bonds. The van der Waals surface area contributed by atoms with Gasteiger partial charge in [0.15, 0.2) is 0 Å². The van der Waals surface area contributed by atoms with E-state index >= 15 is 0 Å². The first-order chi connectivity index (χ1) is 6.33. The van der Waals surface area contributed by atoms with Gasteiger partial charge >= 0.3 is 0 Å². The predicted octanol–water partition coefficient (Wildman–Crippen LogP) is 3.41. The van der Waals surface area contributed by atoms with E-state index in [1.165, 1.54) is 10.5 Å². The van der Waals surface area contributed by atoms with E-state index in [9.17, 15) is 0 Å². The van der Waals surface area contributed by atoms with Gasteiger partial charge in [-0.1, -0.05) is 12.1 Å². The number of hydrogen-bond acceptors (Lipinski definition) is 2. The van der Waals surface area contributed by atoms with E-state index in [4.69, 9.17) is 0 Å². The first kappa shape index (κ1) is 9.93. The van der Waals surface area contributed by atoms with Gasteiger partial charge in [-0.25, -0.2) is 0 Å². The van der Waals surface area contributed by atoms with Crippen molar-refractivity contribution in [2.24, 2.45) is 4.99 Å². The summed E-state index contributed by atoms with van der Waals surface area (Å²) < 4.78 is 0. The van der Waals surface area contributed by atoms with Crippen LogP contribution in [-0.4, -0.2) is 13.3 Å². The first-order valence-corrected chi connectivity index (χ1v) is 5.01. The fourth-order valence-electron chi connectivity index (χ4n) is 0.847. The Kier molecular flexibility index (Phi) is 4.19. The van der Waals surface area contributed by atoms with E-state index < -0.39 is 0 Å². The monoisotopic (exact) mass is 191 g/mol. The zero-order valence-electron chi connectivity index (χ0n) is 7.90. The molecule has 0 N–H and O–H groups in total. The normalized spacial score (nSPS) is 13.2. The van der Waals surface area contributed by atoms with Gasteiger partial charge in [-0.3, -0.25) is 4.99 Å². The molecular formula is C11H13NS. The van der Waals surface area contributed by atoms with Crippen LogP contribution in [0.5, 0.6) is 0 Å². The molecule has 68 valence electrons. The van der Waals surface area contributed by atoms with Crippen molar-refractivity contribution in [1.82, 2.24) is 0 Å². The maximum Gasteiger partial charge on any atom is 0.0277 e. The van der Waals surface area contributed by atoms with Crippen molar-refractivity contribution in [3.63, 3.8) is 0 Å². The highest BCUT2D eigenvalue weighted by Crippen LogP contribution is 2.11. The molecule has 1 rings (SSSR count). The average Bonchev–Trinajstić information content (AvgIpc) is 2.64. The second-order valence-corrected chi connectivity index (χ2v) is 3.65. The topological polar surface area (TPSA) is 12.4 Å². The zero-order chi connectivity index (χ0) is 9.52. The number of thiophene rings is 1. The smallest absolute Gasteiger partial charge is 0.0277 e. The number of aliphatic imine (C=N–C) groups is 1. The second kappa shape index (κ2) is 5.49. The van der Waals surface area contributed by atoms with E-state index in [0.717, 1.165) is 0 Å². The van der Waals surface area contributed by atoms with E-state index in [-0.39, 0.29) is 0 Å². The number of hydrogen-bond donors (Lipinski definition) is 0. The summed E-state index contributed by atoms with van der Waals surface area (Å²) in [4.78, 5) is 5.17. The number of nitrogens with zero attached hydrogens (tertiary/aromatic N) is 1. The van der Waals surface area contributed by atoms with E-state index in [1.54, 1.807) is 24.6 Å². The lowest BCUT2D eigenvalue weighted by atomic mass is 10.2. The molecule has 0 saturated carbocycles. The Morgan fingerprint density at radius 2 is 2.38 bits per heavy atom. The summed E-state index contributed by atoms with van der Waals surface area (Å²) in [5.41, 5.74) is 1.21. The minimum Gasteiger partial charge on any atom is -0.297 e. The molecule has 1 aromatic heterocycles. The van der Waals surface area contributed by atoms with Crippen LogP contribution >= 0.6 is 11.3 Å². The molecule has 13 heavy (non-hydrogen) atoms. The molecule has 0 aliphatic carbocycles. The van der Waals surface area contributed by atoms with Gasteiger partial charge in [-0.05, 0) is 36.1 Å². The summed E-state index contributed by atoms with van der Waals surface area (Å²) in [5.74, 6) is 0. The minimum absolute atomic E-state index is 1.21. The van der Waals surface area contributed by atoms with Gasteiger partial charge in [0.05, 0.1) is 0 Å². The van der Waals surface area contributed by atoms with Crippen LogP contribution in [0.1, 0.15) is 11.8 Å². The molecular weight excluding hydrogens is 178 g/mol. The summed E-state index contributed by atoms with van der Waals surface area (Å²) in [6.45, 7) is 2.06. The Balaban J connectivity index is 2.58. The summed E-state index contributed by atoms with van der Waals surface area (Å²) in [6.07, 6.45) is 7.99. The van der Waals surface area contributed by atoms with Gasteiger partial charge < -0.3 is 0 Å². The lowest BCUT2D eigenvalue weighted by Gasteiger charge is -1.87. The van der Waals surface area contributed by atoms with Crippen LogP contribution < -0.4 is 0 Å². The molecule has 1 heterocycles. The Hall–Kier alpha value is -1.15. The van der Waals surface area contributed by atoms with Crippen LogP contribution in [0.15, 0.2) is 40.2 Å². The van der Waals surface area contributed by atoms with Crippen LogP contribution in [0.25, 0.3) is 6.08 Å². The summed E-state index contributed by atoms with van der Waals surface area (Å²) in [5, 5.41) is 2.08. The highest BCUT2D eigenvalue weighted by Gasteiger charge is 1.84. The quantitative estimate of drug-likeness (QED) is 0.513. The van der Waals surface area contributed by atoms with Crippen LogP contribution in [0.3, 0.4) is 0 Å². The Morgan fingerprint density at radius 1 is 1.54 bits per heavy atom. The third kappa shape index (κ3) is 3.85. The molecule has 0 radical (unpaired) electrons. The fourth-order valence-corrected chi connectivity index (χ4v) is 1.47. The highest BCUT2D eigenvalue weighted by molar-refractivity contribution is 7.10. The van der Waals surface area contributed by atoms with Crippen LogP contribution in [0.4, 0.5) is 0 Å². The van der Waals surface area contributed by atoms with Crippen molar-refractivity contribution < 1.29 is 0 Å². The zero-order valence-corrected chi connectivity index (χ0v) is 8.71. The van der Waals surface area contributed by atoms with Gasteiger partial charge in [-0.2, -0.15) is 0 Å². The van der Waals surface area contributed by atoms with Crippen molar-refractivity contribution in [3.05, 3.63) is 40.1 Å². The molecule has 0 spiro atoms. The maximum absolute atomic E-state index is 3.89. The molecule has 2 heteroatoms. The van der Waals surface area contributed by atoms with Gasteiger partial charge in [0.25, 0.3) is 0 Å². The summed E-state index contributed by atoms with van der Waals surface area (Å²) in [7, 11) is 1.77. The average molecular weight is 191 g/mol. The molecule has 0 atom stereocenters. The van der Waals surface area contributed by atoms with Gasteiger partial charge in [0.1, 0.15) is 0 Å². The largest absolute Gasteiger partial charge is 0.297 e. The van der Waals surface area contributed by atoms with E-state index in [0.29, 0.717) is 0 Å². The standard InChI is InChI=1S/C11H13NS/c1-10(7-8-12-2)5-6-11-4-3-9-13-11/h3-9H,1-2H3. The molecule has 0 aliphatic rings. The highest BCUT2D eigenvalue weighted by atomic mass is 32.1. The SMILES string of the molecule is CN=CC=C(C)C=Cc1cccs1. The lowest BCUT2D eigenvalue weighted by Crippen LogP contribution is -1.70. The fraction of sp³-hybridized carbons (Fsp3) is 0.182. The Labute approximate surface area is 83.1 Å². The third-order valence-corrected chi connectivity index (χ3v) is 2.38. The molecule has 0 bridgehead atoms. The van der Waals surface area contributed by atoms with Crippen LogP contribution in [0, 0.1) is 0 Å². The molecule has 0 unspecified atom stereocenters. The molecule has 0 aromatic carbocycles. The van der Waals surface area contributed by atoms with Gasteiger partial charge in [0, 0.05) is 18.1 Å². The second-order valence-electron chi connectivity index (χ2n) is 2.67. The predicted molar refractivity (Wildman–Crippen MR) is 61.5 cm³/mol. The van der Waals surface area contributed by atoms with Crippen molar-refractivity contribution in [2.45, 2.75) is 6.92 Å². The van der Waals surface area contributed by atoms with Crippen molar-refractivity contribution in [1.29, 1.82) is 0 Å². The Morgan fingerprint density at radius 3 is 3.00 bits per heavy atom. The molecule has 1 nitrogen and oxygen atoms in total. The lowest BCUT2D eigenvalue weighted by molar-refractivity contribution is 1.46. The summed E-state index contributed by atoms with van der Waals surface area (Å²) >= 11 is 1.74. The number of allylic oxidation sites excluding steroid dienone is 3. The molecule has 0 saturated heterocycles. The van der Waals surface area contributed by atoms with Crippen molar-refractivity contribution in [2.75, 3.05) is 7.05 Å². The maximum atomic E-state index is 3.89. The summed E-state index contributed by atoms with van der Waals surface area (Å²) in [6, 6.07) is 4.15. The van der Waals surface area contributed by atoms with Gasteiger partial charge in [-0.15, -0.1) is 11.3 Å². The van der Waals surface area contributed by atoms with Crippen molar-refractivity contribution in [3.8, 4) is 0 Å². The van der Waals surface area contributed by atoms with Crippen LogP contribution in [0.2, 0.25) is 0 Å². The minimum atomic E-state index is 1.21. The third-order valence-electron chi connectivity index (χ3n) is 1.54. The van der Waals surface area contributed by atoms with E-state index in [2.05, 4.69) is 41.6 Å². The van der Waals surface area contributed by atoms with E-state index in [1.807, 2.05) is 6.08 Å².